The number of pyridine rings is 1. The summed E-state index contributed by atoms with van der Waals surface area (Å²) >= 11 is 1.37. The van der Waals surface area contributed by atoms with Crippen molar-refractivity contribution in [2.24, 2.45) is 0 Å². The van der Waals surface area contributed by atoms with Crippen molar-refractivity contribution in [2.75, 3.05) is 18.0 Å². The van der Waals surface area contributed by atoms with E-state index in [4.69, 9.17) is 10.00 Å². The van der Waals surface area contributed by atoms with Crippen LogP contribution in [-0.2, 0) is 4.74 Å². The minimum absolute atomic E-state index is 0.185. The quantitative estimate of drug-likeness (QED) is 0.808. The van der Waals surface area contributed by atoms with E-state index in [1.165, 1.54) is 11.3 Å². The van der Waals surface area contributed by atoms with E-state index in [1.54, 1.807) is 29.2 Å². The Morgan fingerprint density at radius 2 is 2.41 bits per heavy atom. The Kier molecular flexibility index (Phi) is 4.30. The van der Waals surface area contributed by atoms with Gasteiger partial charge in [0.15, 0.2) is 5.69 Å². The molecule has 0 bridgehead atoms. The van der Waals surface area contributed by atoms with E-state index < -0.39 is 0 Å². The molecule has 0 aromatic carbocycles. The van der Waals surface area contributed by atoms with Gasteiger partial charge >= 0.3 is 5.97 Å². The molecule has 3 heterocycles. The number of ether oxygens (including phenoxy) is 1. The van der Waals surface area contributed by atoms with E-state index in [1.807, 2.05) is 4.90 Å². The molecule has 22 heavy (non-hydrogen) atoms. The number of carbonyl (C=O) groups excluding carboxylic acids is 1. The number of piperidine rings is 1. The summed E-state index contributed by atoms with van der Waals surface area (Å²) in [7, 11) is 0. The first-order valence-corrected chi connectivity index (χ1v) is 7.91. The molecular weight excluding hydrogens is 300 g/mol. The maximum absolute atomic E-state index is 12.0. The monoisotopic (exact) mass is 314 g/mol. The summed E-state index contributed by atoms with van der Waals surface area (Å²) in [5.74, 6) is 0.361. The highest BCUT2D eigenvalue weighted by atomic mass is 32.1. The Morgan fingerprint density at radius 1 is 1.50 bits per heavy atom. The zero-order chi connectivity index (χ0) is 15.4. The van der Waals surface area contributed by atoms with Crippen molar-refractivity contribution in [1.29, 1.82) is 5.26 Å². The standard InChI is InChI=1S/C15H14N4O2S/c16-7-11-3-4-17-14(6-11)19-5-1-2-12(8-19)21-15(20)13-9-22-10-18-13/h3-4,6,9-10,12H,1-2,5,8H2/t12-/m0/s1. The predicted octanol–water partition coefficient (Wildman–Crippen LogP) is 2.24. The molecule has 0 amide bonds. The second-order valence-corrected chi connectivity index (χ2v) is 5.72. The van der Waals surface area contributed by atoms with Gasteiger partial charge in [-0.3, -0.25) is 0 Å². The molecule has 0 aliphatic carbocycles. The first-order valence-electron chi connectivity index (χ1n) is 6.96. The first kappa shape index (κ1) is 14.5. The summed E-state index contributed by atoms with van der Waals surface area (Å²) in [6.07, 6.45) is 3.17. The van der Waals surface area contributed by atoms with Crippen LogP contribution in [0.2, 0.25) is 0 Å². The highest BCUT2D eigenvalue weighted by Crippen LogP contribution is 2.21. The smallest absolute Gasteiger partial charge is 0.358 e. The molecule has 6 nitrogen and oxygen atoms in total. The van der Waals surface area contributed by atoms with Crippen LogP contribution in [0.15, 0.2) is 29.2 Å². The lowest BCUT2D eigenvalue weighted by Crippen LogP contribution is -2.41. The molecule has 1 fully saturated rings. The number of nitrogens with zero attached hydrogens (tertiary/aromatic N) is 4. The SMILES string of the molecule is N#Cc1ccnc(N2CCC[C@H](OC(=O)c3cscn3)C2)c1. The minimum atomic E-state index is -0.383. The van der Waals surface area contributed by atoms with Crippen molar-refractivity contribution in [3.05, 3.63) is 40.5 Å². The van der Waals surface area contributed by atoms with Gasteiger partial charge in [0, 0.05) is 18.1 Å². The fourth-order valence-electron chi connectivity index (χ4n) is 2.43. The van der Waals surface area contributed by atoms with E-state index in [-0.39, 0.29) is 12.1 Å². The van der Waals surface area contributed by atoms with Gasteiger partial charge in [0.1, 0.15) is 11.9 Å². The van der Waals surface area contributed by atoms with E-state index >= 15 is 0 Å². The second kappa shape index (κ2) is 6.54. The van der Waals surface area contributed by atoms with E-state index in [2.05, 4.69) is 16.0 Å². The van der Waals surface area contributed by atoms with Crippen molar-refractivity contribution in [2.45, 2.75) is 18.9 Å². The largest absolute Gasteiger partial charge is 0.456 e. The van der Waals surface area contributed by atoms with Gasteiger partial charge in [0.25, 0.3) is 0 Å². The van der Waals surface area contributed by atoms with Crippen molar-refractivity contribution >= 4 is 23.1 Å². The van der Waals surface area contributed by atoms with Gasteiger partial charge < -0.3 is 9.64 Å². The minimum Gasteiger partial charge on any atom is -0.456 e. The van der Waals surface area contributed by atoms with Gasteiger partial charge in [0.2, 0.25) is 0 Å². The van der Waals surface area contributed by atoms with Crippen molar-refractivity contribution in [3.8, 4) is 6.07 Å². The molecule has 3 rings (SSSR count). The van der Waals surface area contributed by atoms with Crippen molar-refractivity contribution in [3.63, 3.8) is 0 Å². The number of rotatable bonds is 3. The van der Waals surface area contributed by atoms with E-state index in [0.29, 0.717) is 17.8 Å². The second-order valence-electron chi connectivity index (χ2n) is 5.00. The molecule has 2 aromatic heterocycles. The Balaban J connectivity index is 1.66. The number of carbonyl (C=O) groups is 1. The Bertz CT molecular complexity index is 696. The Labute approximate surface area is 132 Å². The van der Waals surface area contributed by atoms with Crippen molar-refractivity contribution < 1.29 is 9.53 Å². The molecule has 1 aliphatic rings. The van der Waals surface area contributed by atoms with Crippen LogP contribution >= 0.6 is 11.3 Å². The average Bonchev–Trinajstić information content (AvgIpc) is 3.10. The van der Waals surface area contributed by atoms with Crippen LogP contribution < -0.4 is 4.90 Å². The third kappa shape index (κ3) is 3.23. The van der Waals surface area contributed by atoms with E-state index in [9.17, 15) is 4.79 Å². The van der Waals surface area contributed by atoms with Crippen LogP contribution in [0.3, 0.4) is 0 Å². The van der Waals surface area contributed by atoms with Crippen LogP contribution in [0, 0.1) is 11.3 Å². The number of thiazole rings is 1. The first-order chi connectivity index (χ1) is 10.8. The van der Waals surface area contributed by atoms with Gasteiger partial charge in [-0.1, -0.05) is 0 Å². The fraction of sp³-hybridized carbons (Fsp3) is 0.333. The van der Waals surface area contributed by atoms with Crippen LogP contribution in [-0.4, -0.2) is 35.1 Å². The molecule has 1 saturated heterocycles. The van der Waals surface area contributed by atoms with Crippen LogP contribution in [0.5, 0.6) is 0 Å². The summed E-state index contributed by atoms with van der Waals surface area (Å²) in [6, 6.07) is 5.54. The molecule has 1 aliphatic heterocycles. The molecule has 0 unspecified atom stereocenters. The Hall–Kier alpha value is -2.46. The molecule has 7 heteroatoms. The van der Waals surface area contributed by atoms with Crippen LogP contribution in [0.4, 0.5) is 5.82 Å². The fourth-order valence-corrected chi connectivity index (χ4v) is 2.95. The number of anilines is 1. The zero-order valence-corrected chi connectivity index (χ0v) is 12.6. The lowest BCUT2D eigenvalue weighted by atomic mass is 10.1. The highest BCUT2D eigenvalue weighted by molar-refractivity contribution is 7.07. The number of esters is 1. The molecule has 0 radical (unpaired) electrons. The summed E-state index contributed by atoms with van der Waals surface area (Å²) in [4.78, 5) is 22.3. The van der Waals surface area contributed by atoms with Crippen molar-refractivity contribution in [1.82, 2.24) is 9.97 Å². The zero-order valence-electron chi connectivity index (χ0n) is 11.8. The summed E-state index contributed by atoms with van der Waals surface area (Å²) in [5, 5.41) is 10.6. The van der Waals surface area contributed by atoms with Gasteiger partial charge in [-0.25, -0.2) is 14.8 Å². The maximum atomic E-state index is 12.0. The highest BCUT2D eigenvalue weighted by Gasteiger charge is 2.25. The summed E-state index contributed by atoms with van der Waals surface area (Å²) < 4.78 is 5.51. The van der Waals surface area contributed by atoms with E-state index in [0.717, 1.165) is 25.2 Å². The number of hydrogen-bond acceptors (Lipinski definition) is 7. The van der Waals surface area contributed by atoms with Gasteiger partial charge in [-0.15, -0.1) is 11.3 Å². The molecule has 0 N–H and O–H groups in total. The van der Waals surface area contributed by atoms with Crippen LogP contribution in [0.25, 0.3) is 0 Å². The normalized spacial score (nSPS) is 17.8. The van der Waals surface area contributed by atoms with Gasteiger partial charge in [-0.05, 0) is 25.0 Å². The molecule has 1 atom stereocenters. The van der Waals surface area contributed by atoms with Gasteiger partial charge in [-0.2, -0.15) is 5.26 Å². The summed E-state index contributed by atoms with van der Waals surface area (Å²) in [6.45, 7) is 1.42. The summed E-state index contributed by atoms with van der Waals surface area (Å²) in [5.41, 5.74) is 2.54. The molecular formula is C15H14N4O2S. The number of aromatic nitrogens is 2. The van der Waals surface area contributed by atoms with Crippen LogP contribution in [0.1, 0.15) is 28.9 Å². The lowest BCUT2D eigenvalue weighted by Gasteiger charge is -2.33. The topological polar surface area (TPSA) is 79.1 Å². The third-order valence-corrected chi connectivity index (χ3v) is 4.08. The predicted molar refractivity (Wildman–Crippen MR) is 81.7 cm³/mol. The average molecular weight is 314 g/mol. The number of nitriles is 1. The molecule has 0 spiro atoms. The third-order valence-electron chi connectivity index (χ3n) is 3.49. The maximum Gasteiger partial charge on any atom is 0.358 e. The molecule has 0 saturated carbocycles. The molecule has 2 aromatic rings. The van der Waals surface area contributed by atoms with Gasteiger partial charge in [0.05, 0.1) is 23.7 Å². The Morgan fingerprint density at radius 3 is 3.18 bits per heavy atom. The molecule has 112 valence electrons. The number of hydrogen-bond donors (Lipinski definition) is 0. The lowest BCUT2D eigenvalue weighted by molar-refractivity contribution is 0.0263.